The van der Waals surface area contributed by atoms with Gasteiger partial charge in [0.1, 0.15) is 11.9 Å². The molecule has 2 aromatic carbocycles. The third-order valence-corrected chi connectivity index (χ3v) is 5.97. The van der Waals surface area contributed by atoms with Crippen LogP contribution in [0, 0.1) is 0 Å². The number of hydrogen-bond acceptors (Lipinski definition) is 8. The largest absolute Gasteiger partial charge is 0.506 e. The van der Waals surface area contributed by atoms with Crippen molar-refractivity contribution in [3.63, 3.8) is 0 Å². The van der Waals surface area contributed by atoms with Crippen molar-refractivity contribution in [2.24, 2.45) is 0 Å². The molecule has 0 heterocycles. The van der Waals surface area contributed by atoms with Gasteiger partial charge in [-0.15, -0.1) is 0 Å². The highest BCUT2D eigenvalue weighted by Gasteiger charge is 2.31. The van der Waals surface area contributed by atoms with E-state index in [1.54, 1.807) is 43.3 Å². The number of ketones is 1. The van der Waals surface area contributed by atoms with E-state index in [9.17, 15) is 19.5 Å². The zero-order chi connectivity index (χ0) is 25.3. The van der Waals surface area contributed by atoms with E-state index >= 15 is 0 Å². The topological polar surface area (TPSA) is 111 Å². The van der Waals surface area contributed by atoms with Crippen molar-refractivity contribution < 1.29 is 33.7 Å². The van der Waals surface area contributed by atoms with Crippen LogP contribution >= 0.6 is 44.5 Å². The van der Waals surface area contributed by atoms with Crippen LogP contribution in [-0.4, -0.2) is 48.0 Å². The minimum absolute atomic E-state index is 0.00792. The number of carbonyl (C=O) groups is 3. The molecule has 2 aromatic rings. The van der Waals surface area contributed by atoms with Gasteiger partial charge < -0.3 is 19.3 Å². The molecule has 0 aliphatic carbocycles. The fraction of sp³-hybridized carbons (Fsp3) is 0.348. The number of rotatable bonds is 11. The minimum atomic E-state index is -1.04. The summed E-state index contributed by atoms with van der Waals surface area (Å²) in [5.41, 5.74) is 1.22. The van der Waals surface area contributed by atoms with Crippen LogP contribution in [0.2, 0.25) is 0 Å². The highest BCUT2D eigenvalue weighted by molar-refractivity contribution is 9.11. The van der Waals surface area contributed by atoms with Gasteiger partial charge in [-0.2, -0.15) is 12.6 Å². The quantitative estimate of drug-likeness (QED) is 0.169. The number of phenols is 1. The second-order valence-electron chi connectivity index (χ2n) is 7.07. The molecule has 184 valence electrons. The number of phenolic OH excluding ortho intramolecular Hbond substituents is 1. The summed E-state index contributed by atoms with van der Waals surface area (Å²) in [6.07, 6.45) is -2.38. The number of hydrogen-bond donors (Lipinski definition) is 3. The Labute approximate surface area is 220 Å². The van der Waals surface area contributed by atoms with Crippen molar-refractivity contribution in [3.05, 3.63) is 56.5 Å². The fourth-order valence-electron chi connectivity index (χ4n) is 3.06. The second kappa shape index (κ2) is 13.7. The highest BCUT2D eigenvalue weighted by Crippen LogP contribution is 2.39. The number of nitrogens with one attached hydrogen (secondary N) is 1. The summed E-state index contributed by atoms with van der Waals surface area (Å²) < 4.78 is 17.6. The molecular formula is C23H25Br2NO7S. The van der Waals surface area contributed by atoms with Crippen LogP contribution in [0.4, 0.5) is 10.5 Å². The molecule has 0 aliphatic rings. The van der Waals surface area contributed by atoms with Gasteiger partial charge in [-0.1, -0.05) is 15.9 Å². The number of esters is 1. The molecule has 34 heavy (non-hydrogen) atoms. The molecule has 0 radical (unpaired) electrons. The van der Waals surface area contributed by atoms with E-state index in [1.807, 2.05) is 0 Å². The van der Waals surface area contributed by atoms with Gasteiger partial charge in [0.25, 0.3) is 0 Å². The molecule has 0 aliphatic heterocycles. The molecule has 2 N–H and O–H groups in total. The maximum Gasteiger partial charge on any atom is 0.412 e. The van der Waals surface area contributed by atoms with Crippen molar-refractivity contribution in [1.82, 2.24) is 0 Å². The predicted molar refractivity (Wildman–Crippen MR) is 138 cm³/mol. The minimum Gasteiger partial charge on any atom is -0.506 e. The average Bonchev–Trinajstić information content (AvgIpc) is 2.79. The second-order valence-corrected chi connectivity index (χ2v) is 9.16. The Morgan fingerprint density at radius 3 is 2.41 bits per heavy atom. The Morgan fingerprint density at radius 1 is 1.15 bits per heavy atom. The smallest absolute Gasteiger partial charge is 0.412 e. The van der Waals surface area contributed by atoms with Crippen molar-refractivity contribution in [3.8, 4) is 5.75 Å². The number of Topliss-reactive ketones (excluding diaryl/α,β-unsaturated/α-hetero) is 1. The number of amides is 1. The Kier molecular flexibility index (Phi) is 11.4. The first kappa shape index (κ1) is 28.2. The SMILES string of the molecule is CCO[C@H](CCOC(=O)CS)[C@H](OC(=O)Nc1ccc(C(C)=O)cc1)c1cc(Br)cc(Br)c1O. The number of ether oxygens (including phenoxy) is 3. The maximum absolute atomic E-state index is 12.8. The summed E-state index contributed by atoms with van der Waals surface area (Å²) >= 11 is 10.5. The van der Waals surface area contributed by atoms with Crippen molar-refractivity contribution in [2.75, 3.05) is 24.3 Å². The van der Waals surface area contributed by atoms with E-state index in [-0.39, 0.29) is 36.9 Å². The number of aromatic hydroxyl groups is 1. The van der Waals surface area contributed by atoms with Gasteiger partial charge in [0.2, 0.25) is 0 Å². The van der Waals surface area contributed by atoms with E-state index in [0.717, 1.165) is 0 Å². The van der Waals surface area contributed by atoms with E-state index < -0.39 is 24.3 Å². The number of anilines is 1. The number of thiol groups is 1. The Balaban J connectivity index is 2.30. The molecule has 0 fully saturated rings. The molecule has 0 bridgehead atoms. The Hall–Kier alpha value is -2.08. The predicted octanol–water partition coefficient (Wildman–Crippen LogP) is 5.68. The summed E-state index contributed by atoms with van der Waals surface area (Å²) in [4.78, 5) is 35.7. The Morgan fingerprint density at radius 2 is 1.82 bits per heavy atom. The van der Waals surface area contributed by atoms with Gasteiger partial charge in [-0.3, -0.25) is 14.9 Å². The summed E-state index contributed by atoms with van der Waals surface area (Å²) in [6, 6.07) is 9.60. The fourth-order valence-corrected chi connectivity index (χ4v) is 4.41. The third-order valence-electron chi connectivity index (χ3n) is 4.65. The number of carbonyl (C=O) groups excluding carboxylic acids is 3. The van der Waals surface area contributed by atoms with Crippen LogP contribution in [0.15, 0.2) is 45.3 Å². The molecule has 0 unspecified atom stereocenters. The molecule has 0 saturated heterocycles. The zero-order valence-electron chi connectivity index (χ0n) is 18.5. The highest BCUT2D eigenvalue weighted by atomic mass is 79.9. The normalized spacial score (nSPS) is 12.5. The molecule has 8 nitrogen and oxygen atoms in total. The first-order valence-electron chi connectivity index (χ1n) is 10.3. The molecule has 11 heteroatoms. The van der Waals surface area contributed by atoms with Gasteiger partial charge in [-0.25, -0.2) is 4.79 Å². The first-order valence-corrected chi connectivity index (χ1v) is 12.5. The van der Waals surface area contributed by atoms with E-state index in [2.05, 4.69) is 49.8 Å². The standard InChI is InChI=1S/C23H25Br2NO7S/c1-3-31-19(8-9-32-20(28)12-34)22(17-10-15(24)11-18(25)21(17)29)33-23(30)26-16-6-4-14(5-7-16)13(2)27/h4-7,10-11,19,22,29,34H,3,8-9,12H2,1-2H3,(H,26,30)/t19-,22-/m1/s1. The monoisotopic (exact) mass is 617 g/mol. The van der Waals surface area contributed by atoms with Gasteiger partial charge in [0, 0.05) is 34.3 Å². The van der Waals surface area contributed by atoms with E-state index in [1.165, 1.54) is 6.92 Å². The lowest BCUT2D eigenvalue weighted by Crippen LogP contribution is -2.30. The zero-order valence-corrected chi connectivity index (χ0v) is 22.6. The van der Waals surface area contributed by atoms with Crippen LogP contribution in [0.1, 0.15) is 42.3 Å². The van der Waals surface area contributed by atoms with Crippen LogP contribution in [0.5, 0.6) is 5.75 Å². The van der Waals surface area contributed by atoms with Crippen molar-refractivity contribution in [1.29, 1.82) is 0 Å². The molecule has 2 atom stereocenters. The third kappa shape index (κ3) is 8.30. The Bertz CT molecular complexity index is 1020. The lowest BCUT2D eigenvalue weighted by atomic mass is 10.0. The average molecular weight is 619 g/mol. The number of halogens is 2. The van der Waals surface area contributed by atoms with Gasteiger partial charge in [0.05, 0.1) is 16.8 Å². The van der Waals surface area contributed by atoms with Gasteiger partial charge in [-0.05, 0) is 66.2 Å². The van der Waals surface area contributed by atoms with Crippen molar-refractivity contribution >= 4 is 68.0 Å². The summed E-state index contributed by atoms with van der Waals surface area (Å²) in [7, 11) is 0. The van der Waals surface area contributed by atoms with Crippen LogP contribution in [0.25, 0.3) is 0 Å². The lowest BCUT2D eigenvalue weighted by molar-refractivity contribution is -0.142. The number of benzene rings is 2. The summed E-state index contributed by atoms with van der Waals surface area (Å²) in [6.45, 7) is 3.52. The van der Waals surface area contributed by atoms with Crippen molar-refractivity contribution in [2.45, 2.75) is 32.5 Å². The maximum atomic E-state index is 12.8. The van der Waals surface area contributed by atoms with E-state index in [4.69, 9.17) is 14.2 Å². The molecular weight excluding hydrogens is 594 g/mol. The molecule has 0 saturated carbocycles. The lowest BCUT2D eigenvalue weighted by Gasteiger charge is -2.28. The summed E-state index contributed by atoms with van der Waals surface area (Å²) in [5.74, 6) is -0.772. The molecule has 0 aromatic heterocycles. The first-order chi connectivity index (χ1) is 16.2. The van der Waals surface area contributed by atoms with Gasteiger partial charge >= 0.3 is 12.1 Å². The molecule has 2 rings (SSSR count). The van der Waals surface area contributed by atoms with Crippen LogP contribution in [-0.2, 0) is 19.0 Å². The van der Waals surface area contributed by atoms with E-state index in [0.29, 0.717) is 25.8 Å². The molecule has 0 spiro atoms. The molecule has 1 amide bonds. The van der Waals surface area contributed by atoms with Crippen LogP contribution in [0.3, 0.4) is 0 Å². The summed E-state index contributed by atoms with van der Waals surface area (Å²) in [5, 5.41) is 13.3. The van der Waals surface area contributed by atoms with Gasteiger partial charge in [0.15, 0.2) is 11.9 Å². The van der Waals surface area contributed by atoms with Crippen LogP contribution < -0.4 is 5.32 Å².